The molecule has 0 aliphatic rings. The third kappa shape index (κ3) is 4.18. The smallest absolute Gasteiger partial charge is 0.266 e. The van der Waals surface area contributed by atoms with Crippen molar-refractivity contribution in [2.75, 3.05) is 0 Å². The van der Waals surface area contributed by atoms with Crippen LogP contribution >= 0.6 is 57.7 Å². The molecule has 4 rings (SSSR count). The maximum Gasteiger partial charge on any atom is 0.266 e. The average Bonchev–Trinajstić information content (AvgIpc) is 3.31. The van der Waals surface area contributed by atoms with Crippen molar-refractivity contribution in [3.8, 4) is 0 Å². The number of nitrogens with zero attached hydrogens (tertiary/aromatic N) is 1. The summed E-state index contributed by atoms with van der Waals surface area (Å²) in [4.78, 5) is 15.2. The lowest BCUT2D eigenvalue weighted by Gasteiger charge is -2.22. The minimum Gasteiger partial charge on any atom is -0.467 e. The average molecular weight is 503 g/mol. The molecule has 0 bridgehead atoms. The highest BCUT2D eigenvalue weighted by molar-refractivity contribution is 7.21. The molecular weight excluding hydrogens is 491 g/mol. The summed E-state index contributed by atoms with van der Waals surface area (Å²) in [6.45, 7) is 0.0413. The molecular formula is C21H12Cl4FNO2S. The fourth-order valence-electron chi connectivity index (χ4n) is 3.06. The summed E-state index contributed by atoms with van der Waals surface area (Å²) in [6, 6.07) is 11.1. The van der Waals surface area contributed by atoms with Crippen molar-refractivity contribution < 1.29 is 13.6 Å². The van der Waals surface area contributed by atoms with Gasteiger partial charge in [-0.25, -0.2) is 4.39 Å². The Hall–Kier alpha value is -1.76. The Bertz CT molecular complexity index is 1220. The number of fused-ring (bicyclic) bond motifs is 1. The van der Waals surface area contributed by atoms with E-state index in [-0.39, 0.29) is 33.6 Å². The number of hydrogen-bond donors (Lipinski definition) is 0. The van der Waals surface area contributed by atoms with Gasteiger partial charge in [-0.15, -0.1) is 11.3 Å². The number of amides is 1. The summed E-state index contributed by atoms with van der Waals surface area (Å²) in [6.07, 6.45) is 1.50. The lowest BCUT2D eigenvalue weighted by atomic mass is 10.2. The van der Waals surface area contributed by atoms with Crippen molar-refractivity contribution in [2.24, 2.45) is 0 Å². The molecule has 2 heterocycles. The monoisotopic (exact) mass is 501 g/mol. The van der Waals surface area contributed by atoms with Gasteiger partial charge in [0.15, 0.2) is 0 Å². The topological polar surface area (TPSA) is 33.5 Å². The Morgan fingerprint density at radius 1 is 1.03 bits per heavy atom. The normalized spacial score (nSPS) is 11.2. The van der Waals surface area contributed by atoms with Crippen LogP contribution in [0.15, 0.2) is 53.1 Å². The van der Waals surface area contributed by atoms with Crippen molar-refractivity contribution in [1.82, 2.24) is 4.90 Å². The zero-order valence-electron chi connectivity index (χ0n) is 15.1. The Kier molecular flexibility index (Phi) is 6.28. The second-order valence-electron chi connectivity index (χ2n) is 6.45. The Labute approximate surface area is 195 Å². The second kappa shape index (κ2) is 8.77. The third-order valence-corrected chi connectivity index (χ3v) is 6.95. The Balaban J connectivity index is 1.77. The molecule has 0 fully saturated rings. The summed E-state index contributed by atoms with van der Waals surface area (Å²) in [5, 5.41) is 1.80. The molecule has 0 radical (unpaired) electrons. The van der Waals surface area contributed by atoms with Crippen LogP contribution in [0.1, 0.15) is 21.0 Å². The first-order chi connectivity index (χ1) is 14.3. The third-order valence-electron chi connectivity index (χ3n) is 4.47. The van der Waals surface area contributed by atoms with E-state index in [0.29, 0.717) is 25.9 Å². The van der Waals surface area contributed by atoms with Gasteiger partial charge in [0.1, 0.15) is 16.5 Å². The molecule has 2 aromatic heterocycles. The SMILES string of the molecule is O=C(c1sc2cc(Cl)cc(Cl)c2c1Cl)N(Cc1ccco1)Cc1c(F)cccc1Cl. The zero-order chi connectivity index (χ0) is 21.4. The van der Waals surface area contributed by atoms with E-state index in [4.69, 9.17) is 50.8 Å². The number of furan rings is 1. The van der Waals surface area contributed by atoms with Crippen LogP contribution in [0.5, 0.6) is 0 Å². The maximum atomic E-state index is 14.4. The van der Waals surface area contributed by atoms with Gasteiger partial charge in [-0.3, -0.25) is 4.79 Å². The predicted octanol–water partition coefficient (Wildman–Crippen LogP) is 8.09. The van der Waals surface area contributed by atoms with Gasteiger partial charge in [-0.1, -0.05) is 52.5 Å². The summed E-state index contributed by atoms with van der Waals surface area (Å²) in [7, 11) is 0. The van der Waals surface area contributed by atoms with Crippen LogP contribution in [0.2, 0.25) is 20.1 Å². The van der Waals surface area contributed by atoms with Crippen molar-refractivity contribution in [1.29, 1.82) is 0 Å². The number of halogens is 5. The molecule has 0 saturated carbocycles. The van der Waals surface area contributed by atoms with E-state index in [1.807, 2.05) is 0 Å². The van der Waals surface area contributed by atoms with E-state index in [1.165, 1.54) is 34.6 Å². The van der Waals surface area contributed by atoms with Crippen molar-refractivity contribution in [3.05, 3.63) is 90.8 Å². The highest BCUT2D eigenvalue weighted by Gasteiger charge is 2.26. The van der Waals surface area contributed by atoms with Gasteiger partial charge in [-0.2, -0.15) is 0 Å². The highest BCUT2D eigenvalue weighted by atomic mass is 35.5. The number of benzene rings is 2. The predicted molar refractivity (Wildman–Crippen MR) is 121 cm³/mol. The van der Waals surface area contributed by atoms with Gasteiger partial charge >= 0.3 is 0 Å². The molecule has 1 amide bonds. The van der Waals surface area contributed by atoms with E-state index in [9.17, 15) is 9.18 Å². The number of hydrogen-bond acceptors (Lipinski definition) is 3. The van der Waals surface area contributed by atoms with Gasteiger partial charge in [0.2, 0.25) is 0 Å². The molecule has 0 saturated heterocycles. The fraction of sp³-hybridized carbons (Fsp3) is 0.0952. The molecule has 0 aliphatic heterocycles. The van der Waals surface area contributed by atoms with Crippen molar-refractivity contribution >= 4 is 73.7 Å². The molecule has 4 aromatic rings. The van der Waals surface area contributed by atoms with E-state index in [0.717, 1.165) is 0 Å². The molecule has 0 atom stereocenters. The molecule has 30 heavy (non-hydrogen) atoms. The summed E-state index contributed by atoms with van der Waals surface area (Å²) in [5.41, 5.74) is 0.206. The number of rotatable bonds is 5. The Morgan fingerprint density at radius 2 is 1.83 bits per heavy atom. The summed E-state index contributed by atoms with van der Waals surface area (Å²) >= 11 is 26.2. The van der Waals surface area contributed by atoms with Gasteiger partial charge in [0.05, 0.1) is 29.4 Å². The lowest BCUT2D eigenvalue weighted by Crippen LogP contribution is -2.30. The molecule has 154 valence electrons. The number of carbonyl (C=O) groups is 1. The number of thiophene rings is 1. The highest BCUT2D eigenvalue weighted by Crippen LogP contribution is 2.42. The molecule has 0 aliphatic carbocycles. The largest absolute Gasteiger partial charge is 0.467 e. The van der Waals surface area contributed by atoms with Gasteiger partial charge in [0, 0.05) is 25.7 Å². The molecule has 0 spiro atoms. The maximum absolute atomic E-state index is 14.4. The van der Waals surface area contributed by atoms with Crippen LogP contribution in [0.25, 0.3) is 10.1 Å². The van der Waals surface area contributed by atoms with Gasteiger partial charge in [0.25, 0.3) is 5.91 Å². The van der Waals surface area contributed by atoms with E-state index < -0.39 is 11.7 Å². The first-order valence-electron chi connectivity index (χ1n) is 8.66. The molecule has 0 N–H and O–H groups in total. The lowest BCUT2D eigenvalue weighted by molar-refractivity contribution is 0.0721. The summed E-state index contributed by atoms with van der Waals surface area (Å²) < 4.78 is 20.5. The van der Waals surface area contributed by atoms with Gasteiger partial charge < -0.3 is 9.32 Å². The van der Waals surface area contributed by atoms with Crippen LogP contribution in [-0.2, 0) is 13.1 Å². The van der Waals surface area contributed by atoms with Crippen LogP contribution in [-0.4, -0.2) is 10.8 Å². The zero-order valence-corrected chi connectivity index (χ0v) is 18.9. The minimum atomic E-state index is -0.503. The standard InChI is InChI=1S/C21H12Cl4FNO2S/c22-11-7-15(24)18-17(8-11)30-20(19(18)25)21(28)27(9-12-3-2-6-29-12)10-13-14(23)4-1-5-16(13)26/h1-8H,9-10H2. The van der Waals surface area contributed by atoms with E-state index in [1.54, 1.807) is 30.3 Å². The summed E-state index contributed by atoms with van der Waals surface area (Å²) in [5.74, 6) is -0.366. The first kappa shape index (κ1) is 21.5. The Morgan fingerprint density at radius 3 is 2.53 bits per heavy atom. The molecule has 3 nitrogen and oxygen atoms in total. The minimum absolute atomic E-state index is 0.0654. The van der Waals surface area contributed by atoms with Crippen molar-refractivity contribution in [2.45, 2.75) is 13.1 Å². The van der Waals surface area contributed by atoms with Crippen LogP contribution in [0.3, 0.4) is 0 Å². The number of carbonyl (C=O) groups excluding carboxylic acids is 1. The molecule has 9 heteroatoms. The fourth-order valence-corrected chi connectivity index (χ4v) is 5.62. The van der Waals surface area contributed by atoms with Crippen LogP contribution in [0.4, 0.5) is 4.39 Å². The molecule has 0 unspecified atom stereocenters. The second-order valence-corrected chi connectivity index (χ2v) is 9.13. The first-order valence-corrected chi connectivity index (χ1v) is 11.0. The van der Waals surface area contributed by atoms with E-state index in [2.05, 4.69) is 0 Å². The molecule has 2 aromatic carbocycles. The van der Waals surface area contributed by atoms with Crippen LogP contribution in [0, 0.1) is 5.82 Å². The van der Waals surface area contributed by atoms with E-state index >= 15 is 0 Å². The van der Waals surface area contributed by atoms with Crippen molar-refractivity contribution in [3.63, 3.8) is 0 Å². The van der Waals surface area contributed by atoms with Crippen LogP contribution < -0.4 is 0 Å². The van der Waals surface area contributed by atoms with Gasteiger partial charge in [-0.05, 0) is 36.4 Å². The quantitative estimate of drug-likeness (QED) is 0.276.